The molecule has 4 aliphatic rings. The molecule has 148 valence electrons. The first kappa shape index (κ1) is 24.4. The summed E-state index contributed by atoms with van der Waals surface area (Å²) < 4.78 is 0. The number of rotatable bonds is 0. The Kier molecular flexibility index (Phi) is 9.21. The number of fused-ring (bicyclic) bond motifs is 6. The van der Waals surface area contributed by atoms with Crippen molar-refractivity contribution < 1.29 is 51.0 Å². The molecule has 0 amide bonds. The Bertz CT molecular complexity index is 786. The second-order valence-corrected chi connectivity index (χ2v) is 7.98. The average Bonchev–Trinajstić information content (AvgIpc) is 3.27. The first-order valence-corrected chi connectivity index (χ1v) is 10.1. The molecule has 2 aromatic carbocycles. The standard InChI is InChI=1S/2C13H13.2ClH.Zr/c2*1-3-7-12-10(5-1)9-11-6-2-4-8-13(11)12;;;/h2*1,3-5,7-9,11,13H,2,6H2;2*1H;/q2*-1;;;+4/p-2. The molecule has 0 aromatic heterocycles. The molecule has 0 heterocycles. The molecule has 0 saturated heterocycles. The topological polar surface area (TPSA) is 0 Å². The van der Waals surface area contributed by atoms with Crippen molar-refractivity contribution in [3.63, 3.8) is 0 Å². The van der Waals surface area contributed by atoms with E-state index in [9.17, 15) is 0 Å². The van der Waals surface area contributed by atoms with E-state index in [0.29, 0.717) is 11.8 Å². The van der Waals surface area contributed by atoms with Gasteiger partial charge in [-0.3, -0.25) is 0 Å². The second kappa shape index (κ2) is 10.9. The van der Waals surface area contributed by atoms with E-state index in [2.05, 4.69) is 85.7 Å². The van der Waals surface area contributed by atoms with Crippen LogP contribution >= 0.6 is 0 Å². The molecule has 0 saturated carbocycles. The smallest absolute Gasteiger partial charge is 1.00 e. The Labute approximate surface area is 207 Å². The van der Waals surface area contributed by atoms with Crippen LogP contribution in [0.3, 0.4) is 0 Å². The van der Waals surface area contributed by atoms with Crippen LogP contribution in [0.4, 0.5) is 0 Å². The van der Waals surface area contributed by atoms with E-state index in [4.69, 9.17) is 0 Å². The molecule has 2 aromatic rings. The number of hydrogen-bond acceptors (Lipinski definition) is 0. The van der Waals surface area contributed by atoms with Crippen LogP contribution in [0.2, 0.25) is 0 Å². The Morgan fingerprint density at radius 3 is 1.48 bits per heavy atom. The minimum absolute atomic E-state index is 0. The van der Waals surface area contributed by atoms with Gasteiger partial charge in [0.15, 0.2) is 0 Å². The van der Waals surface area contributed by atoms with E-state index in [-0.39, 0.29) is 51.0 Å². The molecule has 4 aliphatic carbocycles. The number of benzene rings is 2. The molecule has 4 atom stereocenters. The van der Waals surface area contributed by atoms with E-state index in [1.807, 2.05) is 0 Å². The predicted octanol–water partition coefficient (Wildman–Crippen LogP) is 0.610. The van der Waals surface area contributed by atoms with Gasteiger partial charge in [0.25, 0.3) is 0 Å². The van der Waals surface area contributed by atoms with Crippen LogP contribution in [-0.4, -0.2) is 0 Å². The van der Waals surface area contributed by atoms with Crippen LogP contribution in [-0.2, 0) is 26.2 Å². The number of allylic oxidation sites excluding steroid dienone is 4. The van der Waals surface area contributed by atoms with Gasteiger partial charge < -0.3 is 24.8 Å². The molecule has 0 aliphatic heterocycles. The minimum Gasteiger partial charge on any atom is -1.00 e. The quantitative estimate of drug-likeness (QED) is 0.368. The molecule has 3 heteroatoms. The molecule has 4 unspecified atom stereocenters. The van der Waals surface area contributed by atoms with Crippen molar-refractivity contribution in [2.45, 2.75) is 37.5 Å². The summed E-state index contributed by atoms with van der Waals surface area (Å²) in [6, 6.07) is 17.6. The summed E-state index contributed by atoms with van der Waals surface area (Å²) in [6.45, 7) is 0. The van der Waals surface area contributed by atoms with Crippen LogP contribution in [0, 0.1) is 24.7 Å². The Balaban J connectivity index is 0.000000187. The average molecular weight is 501 g/mol. The third kappa shape index (κ3) is 4.90. The molecule has 0 bridgehead atoms. The fourth-order valence-electron chi connectivity index (χ4n) is 5.14. The van der Waals surface area contributed by atoms with Crippen LogP contribution in [0.15, 0.2) is 72.8 Å². The van der Waals surface area contributed by atoms with Gasteiger partial charge in [0.05, 0.1) is 0 Å². The Hall–Kier alpha value is -0.877. The molecule has 0 N–H and O–H groups in total. The van der Waals surface area contributed by atoms with Crippen molar-refractivity contribution in [3.05, 3.63) is 108 Å². The third-order valence-electron chi connectivity index (χ3n) is 6.44. The third-order valence-corrected chi connectivity index (χ3v) is 6.44. The van der Waals surface area contributed by atoms with E-state index in [1.165, 1.54) is 47.9 Å². The van der Waals surface area contributed by atoms with Crippen LogP contribution in [0.1, 0.15) is 59.8 Å². The predicted molar refractivity (Wildman–Crippen MR) is 109 cm³/mol. The number of hydrogen-bond donors (Lipinski definition) is 0. The molecule has 0 nitrogen and oxygen atoms in total. The fourth-order valence-corrected chi connectivity index (χ4v) is 5.14. The van der Waals surface area contributed by atoms with Gasteiger partial charge in [-0.1, -0.05) is 61.1 Å². The van der Waals surface area contributed by atoms with Crippen molar-refractivity contribution in [2.75, 3.05) is 0 Å². The van der Waals surface area contributed by atoms with Crippen LogP contribution < -0.4 is 24.8 Å². The number of halogens is 2. The van der Waals surface area contributed by atoms with Crippen molar-refractivity contribution in [1.82, 2.24) is 0 Å². The zero-order valence-electron chi connectivity index (χ0n) is 16.5. The fraction of sp³-hybridized carbons (Fsp3) is 0.308. The van der Waals surface area contributed by atoms with Gasteiger partial charge in [-0.2, -0.15) is 36.1 Å². The minimum atomic E-state index is 0. The first-order chi connectivity index (χ1) is 12.9. The van der Waals surface area contributed by atoms with Crippen LogP contribution in [0.25, 0.3) is 0 Å². The Morgan fingerprint density at radius 2 is 1.03 bits per heavy atom. The molecular weight excluding hydrogens is 474 g/mol. The van der Waals surface area contributed by atoms with Gasteiger partial charge in [0.2, 0.25) is 0 Å². The summed E-state index contributed by atoms with van der Waals surface area (Å²) in [5.41, 5.74) is 5.99. The van der Waals surface area contributed by atoms with Crippen LogP contribution in [0.5, 0.6) is 0 Å². The van der Waals surface area contributed by atoms with Crippen molar-refractivity contribution in [1.29, 1.82) is 0 Å². The van der Waals surface area contributed by atoms with E-state index in [1.54, 1.807) is 0 Å². The van der Waals surface area contributed by atoms with E-state index < -0.39 is 0 Å². The van der Waals surface area contributed by atoms with Gasteiger partial charge in [-0.05, 0) is 24.7 Å². The normalized spacial score (nSPS) is 26.2. The molecule has 0 radical (unpaired) electrons. The van der Waals surface area contributed by atoms with Gasteiger partial charge in [-0.25, -0.2) is 0 Å². The van der Waals surface area contributed by atoms with E-state index in [0.717, 1.165) is 11.8 Å². The summed E-state index contributed by atoms with van der Waals surface area (Å²) >= 11 is 0. The van der Waals surface area contributed by atoms with Crippen molar-refractivity contribution >= 4 is 0 Å². The summed E-state index contributed by atoms with van der Waals surface area (Å²) in [5.74, 6) is 2.93. The maximum atomic E-state index is 2.45. The van der Waals surface area contributed by atoms with Gasteiger partial charge >= 0.3 is 26.2 Å². The van der Waals surface area contributed by atoms with Gasteiger partial charge in [0.1, 0.15) is 0 Å². The molecule has 0 fully saturated rings. The summed E-state index contributed by atoms with van der Waals surface area (Å²) in [5, 5.41) is 0. The summed E-state index contributed by atoms with van der Waals surface area (Å²) in [6.07, 6.45) is 19.5. The maximum Gasteiger partial charge on any atom is 4.00 e. The zero-order valence-corrected chi connectivity index (χ0v) is 20.4. The van der Waals surface area contributed by atoms with Gasteiger partial charge in [-0.15, -0.1) is 35.4 Å². The zero-order chi connectivity index (χ0) is 17.3. The first-order valence-electron chi connectivity index (χ1n) is 10.1. The molecule has 29 heavy (non-hydrogen) atoms. The second-order valence-electron chi connectivity index (χ2n) is 7.98. The van der Waals surface area contributed by atoms with Crippen molar-refractivity contribution in [2.24, 2.45) is 11.8 Å². The molecular formula is C26H26Cl2Zr. The largest absolute Gasteiger partial charge is 4.00 e. The monoisotopic (exact) mass is 498 g/mol. The van der Waals surface area contributed by atoms with E-state index >= 15 is 0 Å². The summed E-state index contributed by atoms with van der Waals surface area (Å²) in [4.78, 5) is 0. The molecule has 6 rings (SSSR count). The molecule has 0 spiro atoms. The SMILES string of the molecule is C1=CC2c3ccccc3[CH-]C2CC1.C1=CC2c3ccccc3[CH-]C2CC1.[Cl-].[Cl-].[Zr+4]. The summed E-state index contributed by atoms with van der Waals surface area (Å²) in [7, 11) is 0. The van der Waals surface area contributed by atoms with Crippen molar-refractivity contribution in [3.8, 4) is 0 Å². The Morgan fingerprint density at radius 1 is 0.621 bits per heavy atom. The maximum absolute atomic E-state index is 2.45. The van der Waals surface area contributed by atoms with Gasteiger partial charge in [0, 0.05) is 0 Å².